The number of aliphatic hydroxyl groups is 1. The minimum absolute atomic E-state index is 0.0852. The Hall–Kier alpha value is -3.00. The Kier molecular flexibility index (Phi) is 6.62. The van der Waals surface area contributed by atoms with E-state index < -0.39 is 11.0 Å². The van der Waals surface area contributed by atoms with Crippen LogP contribution < -0.4 is 14.2 Å². The average molecular weight is 487 g/mol. The molecule has 1 N–H and O–H groups in total. The van der Waals surface area contributed by atoms with Crippen molar-refractivity contribution in [2.45, 2.75) is 56.7 Å². The zero-order valence-electron chi connectivity index (χ0n) is 19.4. The third-order valence-corrected chi connectivity index (χ3v) is 6.55. The van der Waals surface area contributed by atoms with E-state index in [2.05, 4.69) is 15.0 Å². The number of carbonyl (C=O) groups is 1. The number of azide groups is 1. The predicted molar refractivity (Wildman–Crippen MR) is 126 cm³/mol. The van der Waals surface area contributed by atoms with Crippen LogP contribution in [0.2, 0.25) is 5.15 Å². The lowest BCUT2D eigenvalue weighted by atomic mass is 9.83. The number of nitrogens with zero attached hydrogens (tertiary/aromatic N) is 4. The Morgan fingerprint density at radius 3 is 2.85 bits per heavy atom. The van der Waals surface area contributed by atoms with Crippen molar-refractivity contribution in [2.75, 3.05) is 20.3 Å². The van der Waals surface area contributed by atoms with Gasteiger partial charge in [-0.2, -0.15) is 0 Å². The van der Waals surface area contributed by atoms with Crippen molar-refractivity contribution in [1.82, 2.24) is 4.98 Å². The molecule has 4 rings (SSSR count). The van der Waals surface area contributed by atoms with Crippen LogP contribution in [0.3, 0.4) is 0 Å². The van der Waals surface area contributed by atoms with Crippen LogP contribution in [0.4, 0.5) is 0 Å². The maximum absolute atomic E-state index is 12.9. The molecule has 10 heteroatoms. The van der Waals surface area contributed by atoms with Crippen LogP contribution in [-0.4, -0.2) is 42.2 Å². The predicted octanol–water partition coefficient (Wildman–Crippen LogP) is 5.12. The minimum Gasteiger partial charge on any atom is -0.493 e. The first-order chi connectivity index (χ1) is 16.2. The molecule has 9 nitrogen and oxygen atoms in total. The first-order valence-electron chi connectivity index (χ1n) is 11.1. The van der Waals surface area contributed by atoms with Crippen molar-refractivity contribution in [3.8, 4) is 17.2 Å². The highest BCUT2D eigenvalue weighted by molar-refractivity contribution is 6.31. The number of Topliss-reactive ketones (excluding diaryl/α,β-unsaturated/α-hetero) is 1. The van der Waals surface area contributed by atoms with E-state index in [1.807, 2.05) is 6.92 Å². The highest BCUT2D eigenvalue weighted by Gasteiger charge is 2.40. The molecule has 1 aliphatic heterocycles. The summed E-state index contributed by atoms with van der Waals surface area (Å²) in [6, 6.07) is 6.84. The third-order valence-electron chi connectivity index (χ3n) is 6.29. The summed E-state index contributed by atoms with van der Waals surface area (Å²) in [4.78, 5) is 20.1. The molecule has 2 unspecified atom stereocenters. The van der Waals surface area contributed by atoms with Crippen molar-refractivity contribution in [3.63, 3.8) is 0 Å². The molecule has 1 aromatic heterocycles. The van der Waals surface area contributed by atoms with Crippen LogP contribution in [0.1, 0.15) is 61.1 Å². The summed E-state index contributed by atoms with van der Waals surface area (Å²) in [5.74, 6) is 1.42. The van der Waals surface area contributed by atoms with E-state index in [9.17, 15) is 9.90 Å². The quantitative estimate of drug-likeness (QED) is 0.163. The number of hydrogen-bond acceptors (Lipinski definition) is 7. The summed E-state index contributed by atoms with van der Waals surface area (Å²) in [6.07, 6.45) is 2.48. The number of rotatable bonds is 10. The van der Waals surface area contributed by atoms with Gasteiger partial charge in [0.15, 0.2) is 28.2 Å². The van der Waals surface area contributed by atoms with E-state index in [4.69, 9.17) is 31.3 Å². The van der Waals surface area contributed by atoms with Gasteiger partial charge in [-0.15, -0.1) is 0 Å². The fraction of sp³-hybridized carbons (Fsp3) is 0.500. The fourth-order valence-electron chi connectivity index (χ4n) is 3.92. The second-order valence-corrected chi connectivity index (χ2v) is 9.65. The minimum atomic E-state index is -1.42. The van der Waals surface area contributed by atoms with E-state index in [1.165, 1.54) is 7.11 Å². The highest BCUT2D eigenvalue weighted by atomic mass is 35.5. The van der Waals surface area contributed by atoms with Gasteiger partial charge in [-0.3, -0.25) is 4.79 Å². The van der Waals surface area contributed by atoms with Crippen molar-refractivity contribution < 1.29 is 24.1 Å². The van der Waals surface area contributed by atoms with Crippen LogP contribution in [0.25, 0.3) is 10.4 Å². The molecule has 2 heterocycles. The topological polar surface area (TPSA) is 127 Å². The van der Waals surface area contributed by atoms with Gasteiger partial charge in [0.2, 0.25) is 0 Å². The zero-order chi connectivity index (χ0) is 24.5. The Bertz CT molecular complexity index is 1160. The maximum Gasteiger partial charge on any atom is 0.171 e. The Morgan fingerprint density at radius 1 is 1.41 bits per heavy atom. The van der Waals surface area contributed by atoms with E-state index >= 15 is 0 Å². The average Bonchev–Trinajstić information content (AvgIpc) is 3.57. The molecule has 0 amide bonds. The van der Waals surface area contributed by atoms with Crippen molar-refractivity contribution in [1.29, 1.82) is 0 Å². The molecule has 1 aromatic carbocycles. The molecular weight excluding hydrogens is 460 g/mol. The van der Waals surface area contributed by atoms with Gasteiger partial charge >= 0.3 is 0 Å². The van der Waals surface area contributed by atoms with Gasteiger partial charge in [0.25, 0.3) is 0 Å². The number of aromatic nitrogens is 1. The monoisotopic (exact) mass is 486 g/mol. The van der Waals surface area contributed by atoms with Crippen molar-refractivity contribution >= 4 is 17.4 Å². The summed E-state index contributed by atoms with van der Waals surface area (Å²) >= 11 is 6.35. The Labute approximate surface area is 202 Å². The van der Waals surface area contributed by atoms with Gasteiger partial charge in [-0.05, 0) is 56.0 Å². The van der Waals surface area contributed by atoms with Crippen molar-refractivity contribution in [2.24, 2.45) is 5.11 Å². The first kappa shape index (κ1) is 24.1. The fourth-order valence-corrected chi connectivity index (χ4v) is 4.17. The van der Waals surface area contributed by atoms with Crippen LogP contribution >= 0.6 is 11.6 Å². The lowest BCUT2D eigenvalue weighted by Gasteiger charge is -2.25. The van der Waals surface area contributed by atoms with E-state index in [-0.39, 0.29) is 43.0 Å². The number of pyridine rings is 1. The number of halogens is 1. The van der Waals surface area contributed by atoms with Crippen LogP contribution in [0.5, 0.6) is 17.2 Å². The molecule has 0 radical (unpaired) electrons. The number of carbonyl (C=O) groups excluding carboxylic acids is 1. The van der Waals surface area contributed by atoms with E-state index in [0.29, 0.717) is 28.5 Å². The second kappa shape index (κ2) is 9.33. The maximum atomic E-state index is 12.9. The molecule has 1 saturated carbocycles. The number of methoxy groups -OCH3 is 1. The molecule has 0 saturated heterocycles. The molecule has 2 atom stereocenters. The Balaban J connectivity index is 1.50. The van der Waals surface area contributed by atoms with Crippen LogP contribution in [0, 0.1) is 0 Å². The molecule has 180 valence electrons. The molecular formula is C24H27ClN4O5. The molecule has 2 aromatic rings. The number of ether oxygens (including phenoxy) is 3. The number of hydrogen-bond donors (Lipinski definition) is 1. The Morgan fingerprint density at radius 2 is 2.18 bits per heavy atom. The van der Waals surface area contributed by atoms with E-state index in [1.54, 1.807) is 31.2 Å². The smallest absolute Gasteiger partial charge is 0.171 e. The van der Waals surface area contributed by atoms with Crippen LogP contribution in [-0.2, 0) is 11.0 Å². The lowest BCUT2D eigenvalue weighted by Crippen LogP contribution is -2.29. The van der Waals surface area contributed by atoms with Crippen molar-refractivity contribution in [3.05, 3.63) is 56.7 Å². The van der Waals surface area contributed by atoms with Gasteiger partial charge in [0.05, 0.1) is 25.5 Å². The van der Waals surface area contributed by atoms with Gasteiger partial charge < -0.3 is 19.3 Å². The molecule has 0 spiro atoms. The lowest BCUT2D eigenvalue weighted by molar-refractivity contribution is 0.0396. The molecule has 1 aliphatic carbocycles. The first-order valence-corrected chi connectivity index (χ1v) is 11.5. The normalized spacial score (nSPS) is 20.5. The van der Waals surface area contributed by atoms with Gasteiger partial charge in [-0.1, -0.05) is 23.6 Å². The summed E-state index contributed by atoms with van der Waals surface area (Å²) < 4.78 is 16.9. The largest absolute Gasteiger partial charge is 0.493 e. The molecule has 34 heavy (non-hydrogen) atoms. The summed E-state index contributed by atoms with van der Waals surface area (Å²) in [7, 11) is 1.54. The standard InChI is InChI=1S/C24H27ClN4O5/c1-23(12-27-29-26)13-33-21-16(23)11-20(28-22(21)25)24(2,31)9-8-17(30)14-4-7-18(19(10-14)32-3)34-15-5-6-15/h4,7,10-11,15,31H,5-6,8-9,12-13H2,1-3H3. The second-order valence-electron chi connectivity index (χ2n) is 9.29. The molecule has 0 bridgehead atoms. The van der Waals surface area contributed by atoms with Gasteiger partial charge in [0, 0.05) is 34.4 Å². The highest BCUT2D eigenvalue weighted by Crippen LogP contribution is 2.44. The third kappa shape index (κ3) is 4.92. The summed E-state index contributed by atoms with van der Waals surface area (Å²) in [5, 5.41) is 15.0. The molecule has 2 aliphatic rings. The van der Waals surface area contributed by atoms with Gasteiger partial charge in [0.1, 0.15) is 5.60 Å². The van der Waals surface area contributed by atoms with Crippen LogP contribution in [0.15, 0.2) is 29.4 Å². The summed E-state index contributed by atoms with van der Waals surface area (Å²) in [5.41, 5.74) is 8.24. The SMILES string of the molecule is COc1cc(C(=O)CCC(C)(O)c2cc3c(c(Cl)n2)OCC3(C)CN=[N+]=[N-])ccc1OC1CC1. The zero-order valence-corrected chi connectivity index (χ0v) is 20.1. The van der Waals surface area contributed by atoms with Gasteiger partial charge in [-0.25, -0.2) is 4.98 Å². The van der Waals surface area contributed by atoms with E-state index in [0.717, 1.165) is 18.4 Å². The molecule has 1 fully saturated rings. The number of fused-ring (bicyclic) bond motifs is 1. The number of ketones is 1. The number of benzene rings is 1. The summed E-state index contributed by atoms with van der Waals surface area (Å²) in [6.45, 7) is 3.96.